The molecule has 198 valence electrons. The number of nitrogens with zero attached hydrogens (tertiary/aromatic N) is 4. The van der Waals surface area contributed by atoms with Crippen molar-refractivity contribution in [3.8, 4) is 11.4 Å². The van der Waals surface area contributed by atoms with Gasteiger partial charge in [0.05, 0.1) is 27.4 Å². The van der Waals surface area contributed by atoms with Crippen LogP contribution in [0.4, 0.5) is 5.69 Å². The van der Waals surface area contributed by atoms with Crippen LogP contribution < -0.4 is 4.90 Å². The Morgan fingerprint density at radius 1 is 1.08 bits per heavy atom. The highest BCUT2D eigenvalue weighted by Crippen LogP contribution is 2.35. The summed E-state index contributed by atoms with van der Waals surface area (Å²) in [6, 6.07) is 10.7. The maximum absolute atomic E-state index is 13.1. The Kier molecular flexibility index (Phi) is 6.45. The van der Waals surface area contributed by atoms with Crippen molar-refractivity contribution in [3.05, 3.63) is 58.5 Å². The first kappa shape index (κ1) is 25.0. The number of hydrogen-bond donors (Lipinski definition) is 1. The molecule has 4 heterocycles. The van der Waals surface area contributed by atoms with E-state index in [4.69, 9.17) is 4.18 Å². The van der Waals surface area contributed by atoms with Gasteiger partial charge >= 0.3 is 0 Å². The zero-order valence-electron chi connectivity index (χ0n) is 21.3. The number of aryl methyl sites for hydroxylation is 2. The number of anilines is 1. The van der Waals surface area contributed by atoms with E-state index in [9.17, 15) is 13.2 Å². The number of carbonyl (C=O) groups excluding carboxylic acids is 1. The van der Waals surface area contributed by atoms with Gasteiger partial charge in [0, 0.05) is 54.7 Å². The summed E-state index contributed by atoms with van der Waals surface area (Å²) < 4.78 is 30.5. The quantitative estimate of drug-likeness (QED) is 0.359. The second-order valence-corrected chi connectivity index (χ2v) is 12.6. The van der Waals surface area contributed by atoms with E-state index in [1.165, 1.54) is 0 Å². The monoisotopic (exact) mass is 551 g/mol. The molecule has 6 rings (SSSR count). The Morgan fingerprint density at radius 2 is 1.82 bits per heavy atom. The molecule has 0 atom stereocenters. The van der Waals surface area contributed by atoms with Crippen LogP contribution in [-0.2, 0) is 19.1 Å². The van der Waals surface area contributed by atoms with Gasteiger partial charge in [0.15, 0.2) is 0 Å². The van der Waals surface area contributed by atoms with Crippen LogP contribution in [0.1, 0.15) is 23.4 Å². The molecule has 1 saturated carbocycles. The molecule has 0 unspecified atom stereocenters. The highest BCUT2D eigenvalue weighted by Gasteiger charge is 2.40. The summed E-state index contributed by atoms with van der Waals surface area (Å²) in [6.07, 6.45) is 2.21. The Balaban J connectivity index is 1.05. The molecule has 0 radical (unpaired) electrons. The summed E-state index contributed by atoms with van der Waals surface area (Å²) in [7, 11) is -3.82. The third kappa shape index (κ3) is 4.81. The van der Waals surface area contributed by atoms with Gasteiger partial charge in [-0.05, 0) is 51.0 Å². The molecule has 0 bridgehead atoms. The highest BCUT2D eigenvalue weighted by atomic mass is 32.2. The normalized spacial score (nSPS) is 20.1. The van der Waals surface area contributed by atoms with Gasteiger partial charge in [0.25, 0.3) is 10.1 Å². The second-order valence-electron chi connectivity index (χ2n) is 9.99. The van der Waals surface area contributed by atoms with E-state index < -0.39 is 16.2 Å². The van der Waals surface area contributed by atoms with Gasteiger partial charge in [0.2, 0.25) is 5.91 Å². The van der Waals surface area contributed by atoms with E-state index in [1.54, 1.807) is 41.8 Å². The molecule has 38 heavy (non-hydrogen) atoms. The van der Waals surface area contributed by atoms with Crippen LogP contribution in [0.5, 0.6) is 0 Å². The molecular weight excluding hydrogens is 522 g/mol. The number of aromatic nitrogens is 3. The summed E-state index contributed by atoms with van der Waals surface area (Å²) >= 11 is 1.62. The Hall–Kier alpha value is -3.28. The fraction of sp³-hybridized carbons (Fsp3) is 0.370. The van der Waals surface area contributed by atoms with Crippen LogP contribution in [0.25, 0.3) is 22.4 Å². The van der Waals surface area contributed by atoms with Gasteiger partial charge in [-0.25, -0.2) is 9.97 Å². The van der Waals surface area contributed by atoms with Crippen molar-refractivity contribution in [3.63, 3.8) is 0 Å². The molecule has 3 aromatic heterocycles. The summed E-state index contributed by atoms with van der Waals surface area (Å²) in [5, 5.41) is 4.10. The predicted molar refractivity (Wildman–Crippen MR) is 147 cm³/mol. The predicted octanol–water partition coefficient (Wildman–Crippen LogP) is 4.14. The summed E-state index contributed by atoms with van der Waals surface area (Å²) in [5.74, 6) is -0.110. The van der Waals surface area contributed by atoms with Crippen molar-refractivity contribution in [2.45, 2.75) is 37.7 Å². The van der Waals surface area contributed by atoms with Crippen LogP contribution in [0, 0.1) is 19.8 Å². The number of pyridine rings is 1. The first-order valence-corrected chi connectivity index (χ1v) is 15.0. The van der Waals surface area contributed by atoms with Crippen LogP contribution in [-0.4, -0.2) is 66.5 Å². The van der Waals surface area contributed by atoms with E-state index >= 15 is 0 Å². The SMILES string of the molecule is Cc1ccc(S(=O)(=O)OC2CC(C(=O)N3CCN(c4ccnc5[nH]c(-c6csc(C)n6)cc45)CC3)C2)cc1. The average Bonchev–Trinajstić information content (AvgIpc) is 3.52. The maximum atomic E-state index is 13.1. The van der Waals surface area contributed by atoms with Gasteiger partial charge in [-0.2, -0.15) is 8.42 Å². The standard InChI is InChI=1S/C27H29N5O4S2/c1-17-3-5-21(6-4-17)38(34,35)36-20-13-19(14-20)27(33)32-11-9-31(10-12-32)25-7-8-28-26-22(25)15-23(30-26)24-16-37-18(2)29-24/h3-8,15-16,19-20H,9-14H2,1-2H3,(H,28,30). The van der Waals surface area contributed by atoms with Crippen molar-refractivity contribution in [1.82, 2.24) is 19.9 Å². The Morgan fingerprint density at radius 3 is 2.50 bits per heavy atom. The average molecular weight is 552 g/mol. The van der Waals surface area contributed by atoms with Crippen molar-refractivity contribution in [2.24, 2.45) is 5.92 Å². The van der Waals surface area contributed by atoms with E-state index in [2.05, 4.69) is 25.9 Å². The number of nitrogens with one attached hydrogen (secondary N) is 1. The Labute approximate surface area is 225 Å². The minimum atomic E-state index is -3.82. The summed E-state index contributed by atoms with van der Waals surface area (Å²) in [4.78, 5) is 29.9. The van der Waals surface area contributed by atoms with E-state index in [-0.39, 0.29) is 16.7 Å². The van der Waals surface area contributed by atoms with Crippen LogP contribution in [0.2, 0.25) is 0 Å². The van der Waals surface area contributed by atoms with Crippen molar-refractivity contribution in [1.29, 1.82) is 0 Å². The first-order chi connectivity index (χ1) is 18.3. The number of thiazole rings is 1. The first-order valence-electron chi connectivity index (χ1n) is 12.7. The summed E-state index contributed by atoms with van der Waals surface area (Å²) in [6.45, 7) is 6.57. The number of fused-ring (bicyclic) bond motifs is 1. The largest absolute Gasteiger partial charge is 0.367 e. The molecule has 1 aliphatic carbocycles. The van der Waals surface area contributed by atoms with E-state index in [0.717, 1.165) is 51.8 Å². The highest BCUT2D eigenvalue weighted by molar-refractivity contribution is 7.86. The third-order valence-corrected chi connectivity index (χ3v) is 9.50. The molecule has 4 aromatic rings. The molecule has 9 nitrogen and oxygen atoms in total. The molecule has 1 N–H and O–H groups in total. The molecular formula is C27H29N5O4S2. The van der Waals surface area contributed by atoms with Gasteiger partial charge in [-0.15, -0.1) is 11.3 Å². The zero-order chi connectivity index (χ0) is 26.4. The number of H-pyrrole nitrogens is 1. The number of rotatable bonds is 6. The molecule has 1 amide bonds. The van der Waals surface area contributed by atoms with E-state index in [0.29, 0.717) is 25.9 Å². The lowest BCUT2D eigenvalue weighted by molar-refractivity contribution is -0.141. The number of aromatic amines is 1. The number of hydrogen-bond acceptors (Lipinski definition) is 8. The number of piperazine rings is 1. The van der Waals surface area contributed by atoms with E-state index in [1.807, 2.05) is 30.2 Å². The minimum Gasteiger partial charge on any atom is -0.367 e. The number of benzene rings is 1. The smallest absolute Gasteiger partial charge is 0.297 e. The van der Waals surface area contributed by atoms with Crippen LogP contribution in [0.3, 0.4) is 0 Å². The second kappa shape index (κ2) is 9.79. The molecule has 1 aliphatic heterocycles. The molecule has 1 saturated heterocycles. The van der Waals surface area contributed by atoms with Gasteiger partial charge < -0.3 is 14.8 Å². The van der Waals surface area contributed by atoms with Crippen molar-refractivity contribution >= 4 is 44.1 Å². The van der Waals surface area contributed by atoms with Crippen molar-refractivity contribution in [2.75, 3.05) is 31.1 Å². The fourth-order valence-corrected chi connectivity index (χ4v) is 6.83. The van der Waals surface area contributed by atoms with Crippen LogP contribution >= 0.6 is 11.3 Å². The summed E-state index contributed by atoms with van der Waals surface area (Å²) in [5.41, 5.74) is 4.76. The third-order valence-electron chi connectivity index (χ3n) is 7.35. The van der Waals surface area contributed by atoms with Gasteiger partial charge in [0.1, 0.15) is 5.65 Å². The van der Waals surface area contributed by atoms with Gasteiger partial charge in [-0.1, -0.05) is 17.7 Å². The fourth-order valence-electron chi connectivity index (χ4n) is 5.13. The number of carbonyl (C=O) groups is 1. The molecule has 11 heteroatoms. The zero-order valence-corrected chi connectivity index (χ0v) is 22.9. The minimum absolute atomic E-state index is 0.0833. The number of amides is 1. The molecule has 2 fully saturated rings. The molecule has 2 aliphatic rings. The lowest BCUT2D eigenvalue weighted by Crippen LogP contribution is -2.53. The van der Waals surface area contributed by atoms with Crippen LogP contribution in [0.15, 0.2) is 52.9 Å². The lowest BCUT2D eigenvalue weighted by atomic mass is 9.81. The van der Waals surface area contributed by atoms with Gasteiger partial charge in [-0.3, -0.25) is 8.98 Å². The molecule has 1 aromatic carbocycles. The van der Waals surface area contributed by atoms with Crippen molar-refractivity contribution < 1.29 is 17.4 Å². The Bertz CT molecular complexity index is 1580. The molecule has 0 spiro atoms. The maximum Gasteiger partial charge on any atom is 0.297 e. The lowest BCUT2D eigenvalue weighted by Gasteiger charge is -2.41. The topological polar surface area (TPSA) is 108 Å².